The van der Waals surface area contributed by atoms with E-state index >= 15 is 4.39 Å². The molecular weight excluding hydrogens is 511 g/mol. The summed E-state index contributed by atoms with van der Waals surface area (Å²) in [5, 5.41) is 0.749. The van der Waals surface area contributed by atoms with Crippen LogP contribution in [0, 0.1) is 18.2 Å². The fraction of sp³-hybridized carbons (Fsp3) is 0.424. The van der Waals surface area contributed by atoms with Crippen LogP contribution in [-0.4, -0.2) is 48.5 Å². The van der Waals surface area contributed by atoms with E-state index < -0.39 is 5.82 Å². The minimum absolute atomic E-state index is 0.0675. The largest absolute Gasteiger partial charge is 0.493 e. The third-order valence-corrected chi connectivity index (χ3v) is 8.56. The van der Waals surface area contributed by atoms with Crippen LogP contribution in [0.25, 0.3) is 0 Å². The second kappa shape index (κ2) is 10.6. The molecule has 1 atom stereocenters. The third kappa shape index (κ3) is 5.57. The van der Waals surface area contributed by atoms with Crippen LogP contribution >= 0.6 is 11.6 Å². The van der Waals surface area contributed by atoms with Gasteiger partial charge >= 0.3 is 0 Å². The molecule has 2 aliphatic heterocycles. The Morgan fingerprint density at radius 1 is 1.05 bits per heavy atom. The molecule has 1 aliphatic carbocycles. The van der Waals surface area contributed by atoms with E-state index in [1.165, 1.54) is 17.2 Å². The second-order valence-corrected chi connectivity index (χ2v) is 12.5. The predicted molar refractivity (Wildman–Crippen MR) is 153 cm³/mol. The molecule has 3 aromatic rings. The monoisotopic (exact) mass is 546 g/mol. The number of aryl methyl sites for hydroxylation is 1. The summed E-state index contributed by atoms with van der Waals surface area (Å²) in [4.78, 5) is 17.2. The fourth-order valence-corrected chi connectivity index (χ4v) is 6.59. The van der Waals surface area contributed by atoms with Gasteiger partial charge in [0.05, 0.1) is 18.2 Å². The Bertz CT molecular complexity index is 1340. The van der Waals surface area contributed by atoms with Gasteiger partial charge in [0.25, 0.3) is 5.91 Å². The van der Waals surface area contributed by atoms with Gasteiger partial charge in [-0.15, -0.1) is 0 Å². The van der Waals surface area contributed by atoms with Gasteiger partial charge in [0, 0.05) is 42.7 Å². The highest BCUT2D eigenvalue weighted by Gasteiger charge is 2.44. The first kappa shape index (κ1) is 26.3. The van der Waals surface area contributed by atoms with Crippen LogP contribution in [0.2, 0.25) is 5.02 Å². The van der Waals surface area contributed by atoms with Crippen molar-refractivity contribution in [2.45, 2.75) is 51.5 Å². The fourth-order valence-electron chi connectivity index (χ4n) is 6.30. The first-order valence-corrected chi connectivity index (χ1v) is 14.5. The van der Waals surface area contributed by atoms with Crippen LogP contribution < -0.4 is 4.74 Å². The van der Waals surface area contributed by atoms with Gasteiger partial charge in [-0.05, 0) is 79.0 Å². The van der Waals surface area contributed by atoms with Crippen molar-refractivity contribution in [3.63, 3.8) is 0 Å². The molecular formula is C33H36ClFN2O2. The maximum Gasteiger partial charge on any atom is 0.256 e. The van der Waals surface area contributed by atoms with Gasteiger partial charge in [-0.1, -0.05) is 54.9 Å². The van der Waals surface area contributed by atoms with Gasteiger partial charge in [0.1, 0.15) is 11.6 Å². The van der Waals surface area contributed by atoms with Gasteiger partial charge in [-0.2, -0.15) is 0 Å². The van der Waals surface area contributed by atoms with Crippen molar-refractivity contribution in [2.24, 2.45) is 5.41 Å². The number of likely N-dealkylation sites (tertiary alicyclic amines) is 2. The van der Waals surface area contributed by atoms with E-state index in [9.17, 15) is 4.79 Å². The van der Waals surface area contributed by atoms with E-state index in [2.05, 4.69) is 55.1 Å². The average Bonchev–Trinajstić information content (AvgIpc) is 3.59. The molecule has 3 aromatic carbocycles. The minimum atomic E-state index is -0.479. The average molecular weight is 547 g/mol. The Hall–Kier alpha value is -2.89. The molecule has 3 aliphatic rings. The first-order chi connectivity index (χ1) is 18.8. The summed E-state index contributed by atoms with van der Waals surface area (Å²) >= 11 is 6.45. The van der Waals surface area contributed by atoms with Crippen LogP contribution in [-0.2, 0) is 0 Å². The number of carbonyl (C=O) groups is 1. The predicted octanol–water partition coefficient (Wildman–Crippen LogP) is 7.39. The van der Waals surface area contributed by atoms with E-state index in [1.807, 2.05) is 12.1 Å². The van der Waals surface area contributed by atoms with Gasteiger partial charge in [0.15, 0.2) is 0 Å². The van der Waals surface area contributed by atoms with Crippen LogP contribution in [0.5, 0.6) is 5.75 Å². The minimum Gasteiger partial charge on any atom is -0.493 e. The second-order valence-electron chi connectivity index (χ2n) is 12.0. The highest BCUT2D eigenvalue weighted by atomic mass is 35.5. The summed E-state index contributed by atoms with van der Waals surface area (Å²) in [7, 11) is 0. The quantitative estimate of drug-likeness (QED) is 0.295. The third-order valence-electron chi connectivity index (χ3n) is 8.35. The molecule has 204 valence electrons. The zero-order chi connectivity index (χ0) is 27.1. The van der Waals surface area contributed by atoms with Crippen LogP contribution in [0.15, 0.2) is 60.7 Å². The van der Waals surface area contributed by atoms with Gasteiger partial charge < -0.3 is 9.64 Å². The molecule has 0 aromatic heterocycles. The molecule has 1 amide bonds. The molecule has 0 N–H and O–H groups in total. The zero-order valence-electron chi connectivity index (χ0n) is 22.8. The summed E-state index contributed by atoms with van der Waals surface area (Å²) in [6, 6.07) is 20.1. The molecule has 0 bridgehead atoms. The van der Waals surface area contributed by atoms with E-state index in [0.29, 0.717) is 31.4 Å². The Morgan fingerprint density at radius 2 is 1.77 bits per heavy atom. The standard InChI is InChI=1S/C33H36ClFN2O2/c1-22-14-25(16-26(34)15-22)31(24-8-4-3-5-9-24)37-19-33(2,20-37)21-39-30-18-29(35)28(17-27(30)23-10-11-23)32(38)36-12-6-7-13-36/h3-5,8-9,14-18,23,31H,6-7,10-13,19-21H2,1-2H3. The molecule has 0 spiro atoms. The molecule has 0 radical (unpaired) electrons. The van der Waals surface area contributed by atoms with E-state index in [1.54, 1.807) is 11.0 Å². The smallest absolute Gasteiger partial charge is 0.256 e. The van der Waals surface area contributed by atoms with Crippen molar-refractivity contribution >= 4 is 17.5 Å². The molecule has 1 saturated carbocycles. The van der Waals surface area contributed by atoms with E-state index in [-0.39, 0.29) is 22.9 Å². The van der Waals surface area contributed by atoms with E-state index in [0.717, 1.165) is 54.9 Å². The molecule has 6 rings (SSSR count). The summed E-state index contributed by atoms with van der Waals surface area (Å²) in [5.74, 6) is 0.276. The van der Waals surface area contributed by atoms with E-state index in [4.69, 9.17) is 16.3 Å². The summed E-state index contributed by atoms with van der Waals surface area (Å²) in [6.07, 6.45) is 4.09. The van der Waals surface area contributed by atoms with Crippen molar-refractivity contribution in [1.82, 2.24) is 9.80 Å². The lowest BCUT2D eigenvalue weighted by atomic mass is 9.79. The zero-order valence-corrected chi connectivity index (χ0v) is 23.5. The number of carbonyl (C=O) groups excluding carboxylic acids is 1. The number of halogens is 2. The molecule has 6 heteroatoms. The lowest BCUT2D eigenvalue weighted by Gasteiger charge is -2.51. The van der Waals surface area contributed by atoms with Gasteiger partial charge in [0.2, 0.25) is 0 Å². The van der Waals surface area contributed by atoms with Crippen molar-refractivity contribution in [3.05, 3.63) is 99.3 Å². The Kier molecular flexibility index (Phi) is 7.15. The highest BCUT2D eigenvalue weighted by molar-refractivity contribution is 6.30. The van der Waals surface area contributed by atoms with Gasteiger partial charge in [-0.3, -0.25) is 9.69 Å². The highest BCUT2D eigenvalue weighted by Crippen LogP contribution is 2.46. The Morgan fingerprint density at radius 3 is 2.44 bits per heavy atom. The number of hydrogen-bond acceptors (Lipinski definition) is 3. The maximum atomic E-state index is 15.2. The molecule has 1 unspecified atom stereocenters. The van der Waals surface area contributed by atoms with Crippen molar-refractivity contribution in [3.8, 4) is 5.75 Å². The summed E-state index contributed by atoms with van der Waals surface area (Å²) in [6.45, 7) is 7.93. The first-order valence-electron chi connectivity index (χ1n) is 14.1. The lowest BCUT2D eigenvalue weighted by Crippen LogP contribution is -2.58. The SMILES string of the molecule is Cc1cc(Cl)cc(C(c2ccccc2)N2CC(C)(COc3cc(F)c(C(=O)N4CCCC4)cc3C3CC3)C2)c1. The van der Waals surface area contributed by atoms with Crippen LogP contribution in [0.4, 0.5) is 4.39 Å². The molecule has 3 fully saturated rings. The number of hydrogen-bond donors (Lipinski definition) is 0. The lowest BCUT2D eigenvalue weighted by molar-refractivity contribution is -0.0379. The molecule has 2 heterocycles. The molecule has 39 heavy (non-hydrogen) atoms. The van der Waals surface area contributed by atoms with Gasteiger partial charge in [-0.25, -0.2) is 4.39 Å². The number of rotatable bonds is 8. The summed E-state index contributed by atoms with van der Waals surface area (Å²) < 4.78 is 21.5. The molecule has 4 nitrogen and oxygen atoms in total. The topological polar surface area (TPSA) is 32.8 Å². The number of nitrogens with zero attached hydrogens (tertiary/aromatic N) is 2. The molecule has 2 saturated heterocycles. The Labute approximate surface area is 235 Å². The normalized spacial score (nSPS) is 19.5. The Balaban J connectivity index is 1.18. The summed E-state index contributed by atoms with van der Waals surface area (Å²) in [5.41, 5.74) is 4.67. The number of benzene rings is 3. The van der Waals surface area contributed by atoms with Crippen molar-refractivity contribution < 1.29 is 13.9 Å². The van der Waals surface area contributed by atoms with Crippen molar-refractivity contribution in [2.75, 3.05) is 32.8 Å². The van der Waals surface area contributed by atoms with Crippen LogP contribution in [0.1, 0.15) is 77.2 Å². The number of amides is 1. The van der Waals surface area contributed by atoms with Crippen LogP contribution in [0.3, 0.4) is 0 Å². The number of ether oxygens (including phenoxy) is 1. The van der Waals surface area contributed by atoms with Crippen molar-refractivity contribution in [1.29, 1.82) is 0 Å². The maximum absolute atomic E-state index is 15.2.